The first-order valence-electron chi connectivity index (χ1n) is 20.0. The molecule has 2 aliphatic heterocycles. The summed E-state index contributed by atoms with van der Waals surface area (Å²) < 4.78 is 74.2. The van der Waals surface area contributed by atoms with E-state index in [0.29, 0.717) is 35.6 Å². The Morgan fingerprint density at radius 1 is 0.912 bits per heavy atom. The van der Waals surface area contributed by atoms with Gasteiger partial charge in [-0.25, -0.2) is 14.8 Å². The van der Waals surface area contributed by atoms with E-state index in [1.807, 2.05) is 36.2 Å². The SMILES string of the molecule is CN(Cc1cnc2nc(N)nc(N)c2n1)c1ccc(C(=O)N[C@@H](CCC(=O)O)C(=O)O)cc1.CN1CCN(CCCN2c3ccccc3Sc3ccc(C(F)(F)F)cc32)CC1.O=[Se](=O)([O-])[O-].[Na+].[Na+]. The second-order valence-corrected chi connectivity index (χ2v) is 17.8. The van der Waals surface area contributed by atoms with Crippen molar-refractivity contribution in [3.8, 4) is 0 Å². The Balaban J connectivity index is 0.000000322. The number of nitrogens with zero attached hydrogens (tertiary/aromatic N) is 8. The Morgan fingerprint density at radius 2 is 1.54 bits per heavy atom. The van der Waals surface area contributed by atoms with Crippen LogP contribution < -0.4 is 94.1 Å². The molecular formula is C41H46F3N11Na2O9SSe. The number of carboxylic acid groups (broad SMARTS) is 2. The van der Waals surface area contributed by atoms with Crippen LogP contribution in [0.15, 0.2) is 82.7 Å². The molecule has 0 radical (unpaired) electrons. The summed E-state index contributed by atoms with van der Waals surface area (Å²) in [6, 6.07) is 17.2. The first kappa shape index (κ1) is 58.1. The van der Waals surface area contributed by atoms with Gasteiger partial charge in [0.25, 0.3) is 5.91 Å². The number of likely N-dealkylation sites (N-methyl/N-ethyl adjacent to an activating group) is 1. The van der Waals surface area contributed by atoms with E-state index in [1.165, 1.54) is 24.3 Å². The van der Waals surface area contributed by atoms with E-state index in [2.05, 4.69) is 47.0 Å². The molecule has 5 aromatic rings. The van der Waals surface area contributed by atoms with Gasteiger partial charge in [-0.15, -0.1) is 0 Å². The number of hydrogen-bond acceptors (Lipinski definition) is 18. The fourth-order valence-corrected chi connectivity index (χ4v) is 7.87. The largest absolute Gasteiger partial charge is 1.00 e. The van der Waals surface area contributed by atoms with E-state index in [0.717, 1.165) is 60.3 Å². The summed E-state index contributed by atoms with van der Waals surface area (Å²) in [6.07, 6.45) is -2.45. The third kappa shape index (κ3) is 17.6. The molecule has 1 fully saturated rings. The summed E-state index contributed by atoms with van der Waals surface area (Å²) in [5, 5.41) is 20.2. The number of aliphatic carboxylic acids is 2. The van der Waals surface area contributed by atoms with Crippen molar-refractivity contribution in [2.24, 2.45) is 0 Å². The number of anilines is 5. The molecule has 20 nitrogen and oxygen atoms in total. The van der Waals surface area contributed by atoms with Crippen LogP contribution in [0.3, 0.4) is 0 Å². The van der Waals surface area contributed by atoms with E-state index < -0.39 is 49.0 Å². The minimum atomic E-state index is -5.75. The molecule has 2 aliphatic rings. The molecule has 7 N–H and O–H groups in total. The molecule has 354 valence electrons. The summed E-state index contributed by atoms with van der Waals surface area (Å²) in [5.74, 6) is -2.91. The van der Waals surface area contributed by atoms with Crippen LogP contribution in [0.5, 0.6) is 0 Å². The summed E-state index contributed by atoms with van der Waals surface area (Å²) in [6.45, 7) is 6.29. The number of hydrogen-bond donors (Lipinski definition) is 5. The van der Waals surface area contributed by atoms with Gasteiger partial charge in [-0.3, -0.25) is 9.59 Å². The van der Waals surface area contributed by atoms with Crippen molar-refractivity contribution in [1.82, 2.24) is 35.1 Å². The Morgan fingerprint density at radius 3 is 2.16 bits per heavy atom. The van der Waals surface area contributed by atoms with Crippen molar-refractivity contribution in [3.05, 3.63) is 89.7 Å². The fourth-order valence-electron chi connectivity index (χ4n) is 6.80. The molecule has 0 saturated carbocycles. The van der Waals surface area contributed by atoms with Crippen molar-refractivity contribution >= 4 is 83.0 Å². The van der Waals surface area contributed by atoms with Crippen molar-refractivity contribution < 1.29 is 113 Å². The molecule has 68 heavy (non-hydrogen) atoms. The second-order valence-electron chi connectivity index (χ2n) is 15.0. The van der Waals surface area contributed by atoms with E-state index in [-0.39, 0.29) is 89.3 Å². The maximum Gasteiger partial charge on any atom is 1.00 e. The normalized spacial score (nSPS) is 14.0. The number of rotatable bonds is 13. The summed E-state index contributed by atoms with van der Waals surface area (Å²) in [4.78, 5) is 61.5. The molecule has 27 heteroatoms. The van der Waals surface area contributed by atoms with Gasteiger partial charge in [0, 0.05) is 67.2 Å². The van der Waals surface area contributed by atoms with E-state index in [9.17, 15) is 32.7 Å². The zero-order valence-corrected chi connectivity index (χ0v) is 44.0. The van der Waals surface area contributed by atoms with Crippen LogP contribution >= 0.6 is 11.8 Å². The number of halogens is 3. The Kier molecular flexibility index (Phi) is 22.3. The smallest absolute Gasteiger partial charge is 1.00 e. The summed E-state index contributed by atoms with van der Waals surface area (Å²) in [7, 11) is 3.95. The van der Waals surface area contributed by atoms with Crippen LogP contribution in [0.4, 0.5) is 42.0 Å². The summed E-state index contributed by atoms with van der Waals surface area (Å²) >= 11 is -4.21. The van der Waals surface area contributed by atoms with Gasteiger partial charge in [0.2, 0.25) is 5.95 Å². The zero-order valence-electron chi connectivity index (χ0n) is 37.5. The number of nitrogens with one attached hydrogen (secondary N) is 1. The maximum atomic E-state index is 13.3. The first-order valence-corrected chi connectivity index (χ1v) is 23.6. The van der Waals surface area contributed by atoms with Crippen LogP contribution in [0.1, 0.15) is 40.9 Å². The molecule has 4 heterocycles. The number of piperazine rings is 1. The minimum Gasteiger partial charge on any atom is 1.00 e. The van der Waals surface area contributed by atoms with E-state index in [1.54, 1.807) is 36.2 Å². The first-order chi connectivity index (χ1) is 31.0. The van der Waals surface area contributed by atoms with Crippen molar-refractivity contribution in [2.45, 2.75) is 47.8 Å². The van der Waals surface area contributed by atoms with Crippen molar-refractivity contribution in [2.75, 3.05) is 74.6 Å². The molecule has 7 rings (SSSR count). The molecule has 0 unspecified atom stereocenters. The molecule has 2 aromatic heterocycles. The van der Waals surface area contributed by atoms with Crippen LogP contribution in [-0.4, -0.2) is 131 Å². The standard InChI is InChI=1S/C21H24F3N3S.C20H22N8O5.2Na.H2O4Se/c1-25-11-13-26(14-12-25)9-4-10-27-17-5-2-3-6-19(17)28-20-8-7-16(15-18(20)27)21(22,23)24;1-28(9-11-8-23-17-15(24-11)16(21)26-20(22)27-17)12-4-2-10(3-5-12)18(31)25-13(19(32)33)6-7-14(29)30;;;1-5(2,3)4/h2-3,5-8,15H,4,9-14H2,1H3;2-5,8,13H,6-7,9H2,1H3,(H,25,31)(H,29,30)(H,32,33)(H4,21,22,23,26,27);;;(H2,1,2,3,4)/q;;2*+1;/p-2/t;13-;;;/m.0.../s1. The quantitative estimate of drug-likeness (QED) is 0.0707. The Hall–Kier alpha value is -4.21. The number of alkyl halides is 3. The average molecular weight is 1050 g/mol. The van der Waals surface area contributed by atoms with Gasteiger partial charge in [-0.05, 0) is 81.0 Å². The van der Waals surface area contributed by atoms with Gasteiger partial charge in [-0.1, -0.05) is 23.9 Å². The average Bonchev–Trinajstić information content (AvgIpc) is 3.24. The number of carbonyl (C=O) groups excluding carboxylic acids is 1. The van der Waals surface area contributed by atoms with Gasteiger partial charge in [0.05, 0.1) is 35.4 Å². The van der Waals surface area contributed by atoms with Gasteiger partial charge in [-0.2, -0.15) is 23.1 Å². The van der Waals surface area contributed by atoms with E-state index in [4.69, 9.17) is 32.6 Å². The second kappa shape index (κ2) is 26.1. The fraction of sp³-hybridized carbons (Fsp3) is 0.341. The molecule has 0 spiro atoms. The topological polar surface area (TPSA) is 301 Å². The number of nitrogen functional groups attached to an aromatic ring is 2. The molecule has 1 atom stereocenters. The number of nitrogens with two attached hydrogens (primary N) is 2. The predicted octanol–water partition coefficient (Wildman–Crippen LogP) is -3.77. The van der Waals surface area contributed by atoms with Crippen molar-refractivity contribution in [1.29, 1.82) is 0 Å². The zero-order chi connectivity index (χ0) is 48.3. The predicted molar refractivity (Wildman–Crippen MR) is 233 cm³/mol. The number of carboxylic acids is 2. The van der Waals surface area contributed by atoms with Crippen LogP contribution in [0.2, 0.25) is 0 Å². The molecule has 1 amide bonds. The van der Waals surface area contributed by atoms with Crippen LogP contribution in [0.25, 0.3) is 11.2 Å². The molecule has 0 aliphatic carbocycles. The number of para-hydroxylation sites is 1. The van der Waals surface area contributed by atoms with Gasteiger partial charge >= 0.3 is 107 Å². The molecule has 3 aromatic carbocycles. The number of amides is 1. The van der Waals surface area contributed by atoms with E-state index >= 15 is 0 Å². The number of benzene rings is 3. The van der Waals surface area contributed by atoms with Gasteiger partial charge < -0.3 is 46.6 Å². The monoisotopic (exact) mass is 1050 g/mol. The summed E-state index contributed by atoms with van der Waals surface area (Å²) in [5.41, 5.74) is 14.7. The number of aromatic nitrogens is 4. The minimum absolute atomic E-state index is 0. The Bertz CT molecular complexity index is 2630. The van der Waals surface area contributed by atoms with Crippen molar-refractivity contribution in [3.63, 3.8) is 0 Å². The van der Waals surface area contributed by atoms with Gasteiger partial charge in [0.15, 0.2) is 17.0 Å². The third-order valence-corrected chi connectivity index (χ3v) is 11.3. The third-order valence-electron chi connectivity index (χ3n) is 10.1. The molecule has 0 bridgehead atoms. The van der Waals surface area contributed by atoms with Crippen LogP contribution in [0, 0.1) is 0 Å². The van der Waals surface area contributed by atoms with Gasteiger partial charge in [0.1, 0.15) is 6.04 Å². The molecular weight excluding hydrogens is 1000 g/mol. The number of carbonyl (C=O) groups is 3. The Labute approximate surface area is 439 Å². The van der Waals surface area contributed by atoms with Crippen LogP contribution in [-0.2, 0) is 30.0 Å². The number of fused-ring (bicyclic) bond motifs is 3. The molecule has 1 saturated heterocycles. The maximum absolute atomic E-state index is 13.3.